The second kappa shape index (κ2) is 6.44. The van der Waals surface area contributed by atoms with E-state index in [1.165, 1.54) is 0 Å². The Morgan fingerprint density at radius 2 is 1.89 bits per heavy atom. The number of halogens is 3. The minimum atomic E-state index is -4.41. The van der Waals surface area contributed by atoms with Crippen molar-refractivity contribution in [2.75, 3.05) is 17.3 Å². The third-order valence-corrected chi connectivity index (χ3v) is 2.39. The summed E-state index contributed by atoms with van der Waals surface area (Å²) in [5.41, 5.74) is 1.36. The summed E-state index contributed by atoms with van der Waals surface area (Å²) in [6.07, 6.45) is -1.45. The summed E-state index contributed by atoms with van der Waals surface area (Å²) < 4.78 is 37.8. The van der Waals surface area contributed by atoms with Crippen molar-refractivity contribution in [3.8, 4) is 0 Å². The molecule has 1 heterocycles. The van der Waals surface area contributed by atoms with Crippen molar-refractivity contribution < 1.29 is 13.2 Å². The average molecular weight is 262 g/mol. The summed E-state index contributed by atoms with van der Waals surface area (Å²) in [4.78, 5) is 3.92. The van der Waals surface area contributed by atoms with Crippen LogP contribution in [0.3, 0.4) is 0 Å². The van der Waals surface area contributed by atoms with Crippen LogP contribution in [0, 0.1) is 0 Å². The van der Waals surface area contributed by atoms with Crippen LogP contribution in [0.4, 0.5) is 24.8 Å². The highest BCUT2D eigenvalue weighted by Crippen LogP contribution is 2.31. The van der Waals surface area contributed by atoms with Crippen molar-refractivity contribution in [1.82, 2.24) is 4.98 Å². The van der Waals surface area contributed by atoms with E-state index in [0.29, 0.717) is 6.54 Å². The molecule has 0 radical (unpaired) electrons. The van der Waals surface area contributed by atoms with Crippen LogP contribution in [0.15, 0.2) is 12.1 Å². The van der Waals surface area contributed by atoms with Crippen molar-refractivity contribution in [1.29, 1.82) is 0 Å². The number of hydrazine groups is 1. The number of nitrogens with one attached hydrogen (secondary N) is 2. The van der Waals surface area contributed by atoms with Gasteiger partial charge in [-0.2, -0.15) is 13.2 Å². The second-order valence-electron chi connectivity index (χ2n) is 3.90. The highest BCUT2D eigenvalue weighted by molar-refractivity contribution is 5.49. The first-order valence-corrected chi connectivity index (χ1v) is 5.77. The van der Waals surface area contributed by atoms with Crippen LogP contribution >= 0.6 is 0 Å². The standard InChI is InChI=1S/C11H17F3N4/c1-2-3-4-5-16-9-6-8(11(12,13)14)7-10(17-9)18-15/h6-7H,2-5,15H2,1H3,(H2,16,17,18). The third kappa shape index (κ3) is 4.40. The zero-order chi connectivity index (χ0) is 13.6. The summed E-state index contributed by atoms with van der Waals surface area (Å²) in [6.45, 7) is 2.64. The quantitative estimate of drug-likeness (QED) is 0.419. The van der Waals surface area contributed by atoms with Gasteiger partial charge < -0.3 is 10.7 Å². The molecule has 1 rings (SSSR count). The Kier molecular flexibility index (Phi) is 5.21. The summed E-state index contributed by atoms with van der Waals surface area (Å²) in [5, 5.41) is 2.86. The van der Waals surface area contributed by atoms with Crippen molar-refractivity contribution in [3.05, 3.63) is 17.7 Å². The Labute approximate surface area is 104 Å². The first-order chi connectivity index (χ1) is 8.47. The minimum Gasteiger partial charge on any atom is -0.370 e. The molecule has 0 amide bonds. The maximum atomic E-state index is 12.6. The van der Waals surface area contributed by atoms with E-state index in [1.54, 1.807) is 0 Å². The molecule has 0 saturated carbocycles. The zero-order valence-corrected chi connectivity index (χ0v) is 10.1. The molecule has 18 heavy (non-hydrogen) atoms. The molecule has 7 heteroatoms. The lowest BCUT2D eigenvalue weighted by molar-refractivity contribution is -0.137. The van der Waals surface area contributed by atoms with Crippen LogP contribution in [-0.4, -0.2) is 11.5 Å². The lowest BCUT2D eigenvalue weighted by atomic mass is 10.2. The van der Waals surface area contributed by atoms with Crippen LogP contribution in [-0.2, 0) is 6.18 Å². The van der Waals surface area contributed by atoms with E-state index < -0.39 is 11.7 Å². The number of aromatic nitrogens is 1. The molecule has 0 spiro atoms. The molecule has 0 saturated heterocycles. The van der Waals surface area contributed by atoms with Gasteiger partial charge in [-0.25, -0.2) is 10.8 Å². The predicted molar refractivity (Wildman–Crippen MR) is 65.1 cm³/mol. The smallest absolute Gasteiger partial charge is 0.370 e. The minimum absolute atomic E-state index is 0.0113. The number of rotatable bonds is 6. The number of alkyl halides is 3. The SMILES string of the molecule is CCCCCNc1cc(C(F)(F)F)cc(NN)n1. The Morgan fingerprint density at radius 3 is 2.44 bits per heavy atom. The molecule has 102 valence electrons. The molecule has 4 nitrogen and oxygen atoms in total. The molecular weight excluding hydrogens is 245 g/mol. The average Bonchev–Trinajstić information content (AvgIpc) is 2.33. The first kappa shape index (κ1) is 14.6. The number of anilines is 2. The van der Waals surface area contributed by atoms with Gasteiger partial charge in [-0.1, -0.05) is 19.8 Å². The Balaban J connectivity index is 2.78. The number of unbranched alkanes of at least 4 members (excludes halogenated alkanes) is 2. The van der Waals surface area contributed by atoms with Gasteiger partial charge in [0.2, 0.25) is 0 Å². The predicted octanol–water partition coefficient (Wildman–Crippen LogP) is 2.99. The fourth-order valence-electron chi connectivity index (χ4n) is 1.45. The van der Waals surface area contributed by atoms with Crippen molar-refractivity contribution in [2.24, 2.45) is 5.84 Å². The van der Waals surface area contributed by atoms with Gasteiger partial charge in [0.15, 0.2) is 0 Å². The lowest BCUT2D eigenvalue weighted by Gasteiger charge is -2.12. The summed E-state index contributed by atoms with van der Waals surface area (Å²) in [6, 6.07) is 1.85. The van der Waals surface area contributed by atoms with E-state index in [2.05, 4.69) is 22.7 Å². The molecule has 0 aromatic carbocycles. The van der Waals surface area contributed by atoms with Gasteiger partial charge in [-0.05, 0) is 18.6 Å². The van der Waals surface area contributed by atoms with E-state index in [4.69, 9.17) is 5.84 Å². The number of pyridine rings is 1. The van der Waals surface area contributed by atoms with Gasteiger partial charge in [0, 0.05) is 6.54 Å². The van der Waals surface area contributed by atoms with Crippen LogP contribution in [0.1, 0.15) is 31.7 Å². The Bertz CT molecular complexity index is 379. The molecule has 0 aliphatic carbocycles. The van der Waals surface area contributed by atoms with Gasteiger partial charge in [0.25, 0.3) is 0 Å². The fourth-order valence-corrected chi connectivity index (χ4v) is 1.45. The van der Waals surface area contributed by atoms with Crippen LogP contribution < -0.4 is 16.6 Å². The molecule has 0 unspecified atom stereocenters. The molecule has 0 bridgehead atoms. The zero-order valence-electron chi connectivity index (χ0n) is 10.1. The second-order valence-corrected chi connectivity index (χ2v) is 3.90. The Morgan fingerprint density at radius 1 is 1.22 bits per heavy atom. The number of nitrogens with zero attached hydrogens (tertiary/aromatic N) is 1. The van der Waals surface area contributed by atoms with E-state index in [-0.39, 0.29) is 11.6 Å². The number of hydrogen-bond donors (Lipinski definition) is 3. The van der Waals surface area contributed by atoms with Crippen molar-refractivity contribution in [2.45, 2.75) is 32.4 Å². The van der Waals surface area contributed by atoms with E-state index in [9.17, 15) is 13.2 Å². The molecule has 0 aliphatic rings. The maximum Gasteiger partial charge on any atom is 0.416 e. The molecule has 1 aromatic heterocycles. The topological polar surface area (TPSA) is 63.0 Å². The monoisotopic (exact) mass is 262 g/mol. The van der Waals surface area contributed by atoms with Gasteiger partial charge >= 0.3 is 6.18 Å². The molecule has 0 fully saturated rings. The van der Waals surface area contributed by atoms with Crippen LogP contribution in [0.2, 0.25) is 0 Å². The van der Waals surface area contributed by atoms with Gasteiger partial charge in [-0.15, -0.1) is 0 Å². The summed E-state index contributed by atoms with van der Waals surface area (Å²) in [7, 11) is 0. The Hall–Kier alpha value is -1.50. The van der Waals surface area contributed by atoms with Crippen molar-refractivity contribution in [3.63, 3.8) is 0 Å². The number of nitrogen functional groups attached to an aromatic ring is 1. The van der Waals surface area contributed by atoms with Gasteiger partial charge in [-0.3, -0.25) is 0 Å². The van der Waals surface area contributed by atoms with Gasteiger partial charge in [0.1, 0.15) is 11.6 Å². The molecule has 1 aromatic rings. The lowest BCUT2D eigenvalue weighted by Crippen LogP contribution is -2.14. The van der Waals surface area contributed by atoms with Crippen molar-refractivity contribution >= 4 is 11.6 Å². The summed E-state index contributed by atoms with van der Waals surface area (Å²) >= 11 is 0. The normalized spacial score (nSPS) is 11.4. The largest absolute Gasteiger partial charge is 0.416 e. The molecule has 0 aliphatic heterocycles. The summed E-state index contributed by atoms with van der Waals surface area (Å²) in [5.74, 6) is 5.26. The van der Waals surface area contributed by atoms with E-state index in [1.807, 2.05) is 0 Å². The number of hydrogen-bond acceptors (Lipinski definition) is 4. The number of nitrogens with two attached hydrogens (primary N) is 1. The highest BCUT2D eigenvalue weighted by atomic mass is 19.4. The highest BCUT2D eigenvalue weighted by Gasteiger charge is 2.31. The van der Waals surface area contributed by atoms with E-state index >= 15 is 0 Å². The fraction of sp³-hybridized carbons (Fsp3) is 0.545. The van der Waals surface area contributed by atoms with E-state index in [0.717, 1.165) is 31.4 Å². The first-order valence-electron chi connectivity index (χ1n) is 5.77. The van der Waals surface area contributed by atoms with Crippen LogP contribution in [0.25, 0.3) is 0 Å². The molecular formula is C11H17F3N4. The molecule has 4 N–H and O–H groups in total. The molecule has 0 atom stereocenters. The third-order valence-electron chi connectivity index (χ3n) is 2.39. The van der Waals surface area contributed by atoms with Gasteiger partial charge in [0.05, 0.1) is 5.56 Å². The maximum absolute atomic E-state index is 12.6. The van der Waals surface area contributed by atoms with Crippen LogP contribution in [0.5, 0.6) is 0 Å².